The molecule has 184 valence electrons. The molecule has 0 atom stereocenters. The lowest BCUT2D eigenvalue weighted by Crippen LogP contribution is -2.36. The summed E-state index contributed by atoms with van der Waals surface area (Å²) in [4.78, 5) is 8.92. The molecule has 35 heavy (non-hydrogen) atoms. The summed E-state index contributed by atoms with van der Waals surface area (Å²) < 4.78 is 29.5. The maximum atomic E-state index is 13.6. The molecule has 0 bridgehead atoms. The summed E-state index contributed by atoms with van der Waals surface area (Å²) in [5.74, 6) is -0.384. The molecular weight excluding hydrogens is 463 g/mol. The first-order valence-corrected chi connectivity index (χ1v) is 15.6. The zero-order valence-electron chi connectivity index (χ0n) is 20.9. The van der Waals surface area contributed by atoms with Gasteiger partial charge in [-0.3, -0.25) is 9.67 Å². The smallest absolute Gasteiger partial charge is 0.160 e. The number of hydrogen-bond donors (Lipinski definition) is 0. The normalized spacial score (nSPS) is 15.5. The van der Waals surface area contributed by atoms with Crippen LogP contribution < -0.4 is 0 Å². The minimum Gasteiger partial charge on any atom is -0.367 e. The Morgan fingerprint density at radius 1 is 1.14 bits per heavy atom. The van der Waals surface area contributed by atoms with Crippen LogP contribution in [0, 0.1) is 5.82 Å². The molecule has 8 nitrogen and oxygen atoms in total. The lowest BCUT2D eigenvalue weighted by Gasteiger charge is -2.31. The van der Waals surface area contributed by atoms with Gasteiger partial charge in [-0.15, -0.1) is 0 Å². The number of rotatable bonds is 7. The fourth-order valence-corrected chi connectivity index (χ4v) is 5.00. The van der Waals surface area contributed by atoms with E-state index in [0.29, 0.717) is 37.9 Å². The lowest BCUT2D eigenvalue weighted by molar-refractivity contribution is -0.0657. The van der Waals surface area contributed by atoms with Gasteiger partial charge in [-0.2, -0.15) is 10.2 Å². The third-order valence-corrected chi connectivity index (χ3v) is 7.88. The lowest BCUT2D eigenvalue weighted by atomic mass is 9.98. The Hall–Kier alpha value is -2.95. The summed E-state index contributed by atoms with van der Waals surface area (Å²) in [5.41, 5.74) is 4.50. The van der Waals surface area contributed by atoms with E-state index in [9.17, 15) is 4.39 Å². The summed E-state index contributed by atoms with van der Waals surface area (Å²) in [6.45, 7) is 13.2. The number of pyridine rings is 2. The molecule has 5 heterocycles. The van der Waals surface area contributed by atoms with Crippen LogP contribution >= 0.6 is 0 Å². The van der Waals surface area contributed by atoms with E-state index in [4.69, 9.17) is 14.6 Å². The molecule has 10 heteroatoms. The molecule has 0 spiro atoms. The average molecular weight is 495 g/mol. The highest BCUT2D eigenvalue weighted by Crippen LogP contribution is 2.40. The van der Waals surface area contributed by atoms with Gasteiger partial charge in [0.05, 0.1) is 42.5 Å². The molecule has 0 N–H and O–H groups in total. The highest BCUT2D eigenvalue weighted by Gasteiger charge is 2.32. The molecule has 4 aromatic rings. The number of aromatic nitrogens is 6. The van der Waals surface area contributed by atoms with Gasteiger partial charge in [0, 0.05) is 37.4 Å². The van der Waals surface area contributed by atoms with E-state index >= 15 is 0 Å². The van der Waals surface area contributed by atoms with Crippen molar-refractivity contribution in [2.24, 2.45) is 0 Å². The van der Waals surface area contributed by atoms with E-state index in [1.807, 2.05) is 30.8 Å². The summed E-state index contributed by atoms with van der Waals surface area (Å²) in [5, 5.41) is 10.4. The van der Waals surface area contributed by atoms with Crippen LogP contribution in [0.2, 0.25) is 25.7 Å². The van der Waals surface area contributed by atoms with Crippen LogP contribution in [-0.2, 0) is 29.4 Å². The first-order chi connectivity index (χ1) is 16.6. The molecule has 4 aromatic heterocycles. The van der Waals surface area contributed by atoms with Crippen molar-refractivity contribution in [3.8, 4) is 22.5 Å². The molecule has 0 saturated carbocycles. The van der Waals surface area contributed by atoms with E-state index < -0.39 is 8.07 Å². The molecule has 0 fully saturated rings. The van der Waals surface area contributed by atoms with Gasteiger partial charge in [0.25, 0.3) is 0 Å². The van der Waals surface area contributed by atoms with Crippen LogP contribution in [0.1, 0.15) is 19.5 Å². The van der Waals surface area contributed by atoms with Gasteiger partial charge in [-0.25, -0.2) is 14.1 Å². The van der Waals surface area contributed by atoms with Crippen molar-refractivity contribution in [3.63, 3.8) is 0 Å². The summed E-state index contributed by atoms with van der Waals surface area (Å²) in [6, 6.07) is 6.12. The molecule has 0 aromatic carbocycles. The summed E-state index contributed by atoms with van der Waals surface area (Å²) >= 11 is 0. The summed E-state index contributed by atoms with van der Waals surface area (Å²) in [6.07, 6.45) is 4.81. The van der Waals surface area contributed by atoms with Gasteiger partial charge < -0.3 is 9.47 Å². The summed E-state index contributed by atoms with van der Waals surface area (Å²) in [7, 11) is -1.17. The number of halogens is 1. The average Bonchev–Trinajstić information content (AvgIpc) is 3.37. The maximum absolute atomic E-state index is 13.6. The standard InChI is InChI=1S/C25H31FN6O2Si/c1-25(2)15-31-21(14-34-25)22(23(30-31)20-7-6-17(26)12-28-20)18-8-9-27-24-19(18)13-29-32(24)16-33-10-11-35(3,4)5/h6-9,12-13H,10-11,14-16H2,1-5H3. The van der Waals surface area contributed by atoms with Crippen LogP contribution in [0.5, 0.6) is 0 Å². The topological polar surface area (TPSA) is 79.9 Å². The largest absolute Gasteiger partial charge is 0.367 e. The molecule has 0 radical (unpaired) electrons. The Kier molecular flexibility index (Phi) is 6.06. The fraction of sp³-hybridized carbons (Fsp3) is 0.440. The van der Waals surface area contributed by atoms with Crippen molar-refractivity contribution in [3.05, 3.63) is 48.3 Å². The highest BCUT2D eigenvalue weighted by atomic mass is 28.3. The van der Waals surface area contributed by atoms with Crippen LogP contribution in [0.3, 0.4) is 0 Å². The predicted octanol–water partition coefficient (Wildman–Crippen LogP) is 5.12. The molecular formula is C25H31FN6O2Si. The predicted molar refractivity (Wildman–Crippen MR) is 135 cm³/mol. The molecule has 0 aliphatic carbocycles. The Labute approximate surface area is 205 Å². The van der Waals surface area contributed by atoms with Gasteiger partial charge in [0.1, 0.15) is 18.2 Å². The first-order valence-electron chi connectivity index (χ1n) is 11.9. The van der Waals surface area contributed by atoms with E-state index in [2.05, 4.69) is 34.7 Å². The first kappa shape index (κ1) is 23.8. The van der Waals surface area contributed by atoms with Crippen LogP contribution in [0.15, 0.2) is 36.8 Å². The van der Waals surface area contributed by atoms with Crippen LogP contribution in [0.4, 0.5) is 4.39 Å². The zero-order valence-corrected chi connectivity index (χ0v) is 21.9. The second-order valence-electron chi connectivity index (χ2n) is 10.8. The molecule has 1 aliphatic heterocycles. The SMILES string of the molecule is CC1(C)Cn2nc(-c3ccc(F)cn3)c(-c3ccnc4c3cnn4COCC[Si](C)(C)C)c2CO1. The number of fused-ring (bicyclic) bond motifs is 2. The van der Waals surface area contributed by atoms with Crippen molar-refractivity contribution >= 4 is 19.1 Å². The zero-order chi connectivity index (χ0) is 24.8. The van der Waals surface area contributed by atoms with E-state index in [0.717, 1.165) is 33.9 Å². The van der Waals surface area contributed by atoms with Crippen molar-refractivity contribution in [2.75, 3.05) is 6.61 Å². The van der Waals surface area contributed by atoms with Gasteiger partial charge >= 0.3 is 0 Å². The number of hydrogen-bond acceptors (Lipinski definition) is 6. The third-order valence-electron chi connectivity index (χ3n) is 6.18. The van der Waals surface area contributed by atoms with E-state index in [1.54, 1.807) is 16.9 Å². The third kappa shape index (κ3) is 4.91. The van der Waals surface area contributed by atoms with Gasteiger partial charge in [0.2, 0.25) is 0 Å². The van der Waals surface area contributed by atoms with Crippen LogP contribution in [-0.4, -0.2) is 49.8 Å². The van der Waals surface area contributed by atoms with E-state index in [-0.39, 0.29) is 11.4 Å². The highest BCUT2D eigenvalue weighted by molar-refractivity contribution is 6.76. The Morgan fingerprint density at radius 3 is 2.71 bits per heavy atom. The van der Waals surface area contributed by atoms with Gasteiger partial charge in [-0.1, -0.05) is 19.6 Å². The second-order valence-corrected chi connectivity index (χ2v) is 16.4. The Balaban J connectivity index is 1.57. The quantitative estimate of drug-likeness (QED) is 0.262. The van der Waals surface area contributed by atoms with Crippen molar-refractivity contribution in [1.29, 1.82) is 0 Å². The van der Waals surface area contributed by atoms with Crippen LogP contribution in [0.25, 0.3) is 33.5 Å². The van der Waals surface area contributed by atoms with Gasteiger partial charge in [0.15, 0.2) is 5.65 Å². The second kappa shape index (κ2) is 8.92. The molecule has 1 aliphatic rings. The Morgan fingerprint density at radius 2 is 1.97 bits per heavy atom. The van der Waals surface area contributed by atoms with E-state index in [1.165, 1.54) is 12.3 Å². The van der Waals surface area contributed by atoms with Crippen molar-refractivity contribution < 1.29 is 13.9 Å². The Bertz CT molecular complexity index is 1360. The molecule has 0 saturated heterocycles. The monoisotopic (exact) mass is 494 g/mol. The minimum absolute atomic E-state index is 0.338. The molecule has 5 rings (SSSR count). The van der Waals surface area contributed by atoms with Crippen molar-refractivity contribution in [1.82, 2.24) is 29.5 Å². The number of nitrogens with zero attached hydrogens (tertiary/aromatic N) is 6. The fourth-order valence-electron chi connectivity index (χ4n) is 4.24. The van der Waals surface area contributed by atoms with Gasteiger partial charge in [-0.05, 0) is 38.1 Å². The molecule has 0 amide bonds. The maximum Gasteiger partial charge on any atom is 0.160 e. The molecule has 0 unspecified atom stereocenters. The van der Waals surface area contributed by atoms with Crippen molar-refractivity contribution in [2.45, 2.75) is 65.0 Å². The number of ether oxygens (including phenoxy) is 2. The minimum atomic E-state index is -1.17.